The van der Waals surface area contributed by atoms with Crippen molar-refractivity contribution in [1.82, 2.24) is 0 Å². The van der Waals surface area contributed by atoms with Gasteiger partial charge < -0.3 is 0 Å². The van der Waals surface area contributed by atoms with Crippen molar-refractivity contribution in [3.8, 4) is 0 Å². The minimum absolute atomic E-state index is 0.235. The second kappa shape index (κ2) is 8.62. The molecule has 0 saturated heterocycles. The predicted octanol–water partition coefficient (Wildman–Crippen LogP) is 7.38. The van der Waals surface area contributed by atoms with E-state index in [4.69, 9.17) is 0 Å². The van der Waals surface area contributed by atoms with E-state index in [9.17, 15) is 0 Å². The molecule has 0 nitrogen and oxygen atoms in total. The zero-order chi connectivity index (χ0) is 20.9. The third kappa shape index (κ3) is 3.66. The van der Waals surface area contributed by atoms with Gasteiger partial charge in [0, 0.05) is 5.92 Å². The van der Waals surface area contributed by atoms with Gasteiger partial charge in [-0.25, -0.2) is 0 Å². The van der Waals surface area contributed by atoms with Gasteiger partial charge in [0.15, 0.2) is 0 Å². The quantitative estimate of drug-likeness (QED) is 0.297. The van der Waals surface area contributed by atoms with E-state index < -0.39 is 0 Å². The van der Waals surface area contributed by atoms with E-state index in [0.717, 1.165) is 6.42 Å². The van der Waals surface area contributed by atoms with Crippen LogP contribution >= 0.6 is 0 Å². The van der Waals surface area contributed by atoms with Gasteiger partial charge in [-0.2, -0.15) is 0 Å². The summed E-state index contributed by atoms with van der Waals surface area (Å²) in [4.78, 5) is 0. The summed E-state index contributed by atoms with van der Waals surface area (Å²) < 4.78 is 0. The lowest BCUT2D eigenvalue weighted by Crippen LogP contribution is -2.35. The van der Waals surface area contributed by atoms with Gasteiger partial charge in [-0.1, -0.05) is 140 Å². The number of rotatable bonds is 6. The molecule has 1 aliphatic rings. The summed E-state index contributed by atoms with van der Waals surface area (Å²) in [7, 11) is 0. The zero-order valence-electron chi connectivity index (χ0n) is 17.6. The fourth-order valence-electron chi connectivity index (χ4n) is 4.97. The highest BCUT2D eigenvalue weighted by molar-refractivity contribution is 5.55. The molecule has 0 radical (unpaired) electrons. The van der Waals surface area contributed by atoms with E-state index in [2.05, 4.69) is 140 Å². The molecule has 0 aromatic heterocycles. The van der Waals surface area contributed by atoms with Crippen molar-refractivity contribution >= 4 is 0 Å². The van der Waals surface area contributed by atoms with Crippen molar-refractivity contribution in [3.63, 3.8) is 0 Å². The molecule has 5 rings (SSSR count). The molecule has 150 valence electrons. The summed E-state index contributed by atoms with van der Waals surface area (Å²) in [6, 6.07) is 43.6. The second-order valence-corrected chi connectivity index (χ2v) is 8.19. The van der Waals surface area contributed by atoms with Crippen molar-refractivity contribution < 1.29 is 0 Å². The van der Waals surface area contributed by atoms with Gasteiger partial charge in [0.25, 0.3) is 0 Å². The van der Waals surface area contributed by atoms with Gasteiger partial charge in [0.2, 0.25) is 0 Å². The molecular weight excluding hydrogens is 372 g/mol. The Bertz CT molecular complexity index is 1070. The van der Waals surface area contributed by atoms with E-state index in [1.807, 2.05) is 0 Å². The first-order valence-corrected chi connectivity index (χ1v) is 11.0. The van der Waals surface area contributed by atoms with Crippen molar-refractivity contribution in [2.75, 3.05) is 0 Å². The Hall–Kier alpha value is -3.64. The minimum atomic E-state index is -0.279. The molecule has 1 unspecified atom stereocenters. The second-order valence-electron chi connectivity index (χ2n) is 8.19. The molecule has 0 N–H and O–H groups in total. The highest BCUT2D eigenvalue weighted by Gasteiger charge is 2.42. The Morgan fingerprint density at radius 3 is 1.39 bits per heavy atom. The molecule has 1 atom stereocenters. The van der Waals surface area contributed by atoms with Crippen LogP contribution in [0.2, 0.25) is 0 Å². The fraction of sp³-hybridized carbons (Fsp3) is 0.0968. The largest absolute Gasteiger partial charge is 0.0758 e. The standard InChI is InChI=1S/C31H26/c1-5-13-25(14-6-1)23-26-21-22-30(24-26)31(27-15-7-2-8-16-27,28-17-9-3-10-18-28)29-19-11-4-12-20-29/h1-22,24,30H,23H2. The molecule has 0 bridgehead atoms. The van der Waals surface area contributed by atoms with Crippen molar-refractivity contribution in [3.05, 3.63) is 167 Å². The first kappa shape index (κ1) is 19.3. The van der Waals surface area contributed by atoms with Gasteiger partial charge in [0.1, 0.15) is 0 Å². The maximum absolute atomic E-state index is 2.47. The predicted molar refractivity (Wildman–Crippen MR) is 130 cm³/mol. The maximum atomic E-state index is 2.47. The normalized spacial score (nSPS) is 15.6. The molecular formula is C31H26. The minimum Gasteiger partial charge on any atom is -0.0758 e. The van der Waals surface area contributed by atoms with Crippen LogP contribution in [0.25, 0.3) is 0 Å². The third-order valence-electron chi connectivity index (χ3n) is 6.35. The Morgan fingerprint density at radius 1 is 0.516 bits per heavy atom. The molecule has 4 aromatic rings. The highest BCUT2D eigenvalue weighted by Crippen LogP contribution is 2.48. The van der Waals surface area contributed by atoms with Gasteiger partial charge in [-0.3, -0.25) is 0 Å². The monoisotopic (exact) mass is 398 g/mol. The number of hydrogen-bond donors (Lipinski definition) is 0. The highest BCUT2D eigenvalue weighted by atomic mass is 14.4. The Kier molecular flexibility index (Phi) is 5.37. The Balaban J connectivity index is 1.69. The maximum Gasteiger partial charge on any atom is 0.0548 e. The third-order valence-corrected chi connectivity index (χ3v) is 6.35. The number of hydrogen-bond acceptors (Lipinski definition) is 0. The van der Waals surface area contributed by atoms with Crippen molar-refractivity contribution in [2.45, 2.75) is 11.8 Å². The number of allylic oxidation sites excluding steroid dienone is 4. The van der Waals surface area contributed by atoms with Gasteiger partial charge in [-0.05, 0) is 34.2 Å². The van der Waals surface area contributed by atoms with E-state index in [-0.39, 0.29) is 11.3 Å². The molecule has 1 aliphatic carbocycles. The SMILES string of the molecule is C1=CC(C(c2ccccc2)(c2ccccc2)c2ccccc2)C=C1Cc1ccccc1. The van der Waals surface area contributed by atoms with Crippen LogP contribution in [-0.4, -0.2) is 0 Å². The average molecular weight is 399 g/mol. The summed E-state index contributed by atoms with van der Waals surface area (Å²) in [5.74, 6) is 0.235. The van der Waals surface area contributed by atoms with Crippen molar-refractivity contribution in [1.29, 1.82) is 0 Å². The van der Waals surface area contributed by atoms with Crippen LogP contribution in [0.15, 0.2) is 145 Å². The molecule has 4 aromatic carbocycles. The molecule has 0 amide bonds. The van der Waals surface area contributed by atoms with Crippen molar-refractivity contribution in [2.24, 2.45) is 5.92 Å². The van der Waals surface area contributed by atoms with Crippen LogP contribution in [0.4, 0.5) is 0 Å². The lowest BCUT2D eigenvalue weighted by atomic mass is 9.62. The molecule has 0 heterocycles. The van der Waals surface area contributed by atoms with Crippen LogP contribution in [0, 0.1) is 5.92 Å². The summed E-state index contributed by atoms with van der Waals surface area (Å²) in [5.41, 5.74) is 6.41. The van der Waals surface area contributed by atoms with Gasteiger partial charge in [-0.15, -0.1) is 0 Å². The fourth-order valence-corrected chi connectivity index (χ4v) is 4.97. The Morgan fingerprint density at radius 2 is 0.935 bits per heavy atom. The van der Waals surface area contributed by atoms with E-state index in [0.29, 0.717) is 0 Å². The van der Waals surface area contributed by atoms with Gasteiger partial charge in [0.05, 0.1) is 5.41 Å². The lowest BCUT2D eigenvalue weighted by molar-refractivity contribution is 0.527. The first-order valence-electron chi connectivity index (χ1n) is 11.0. The van der Waals surface area contributed by atoms with E-state index in [1.165, 1.54) is 27.8 Å². The number of benzene rings is 4. The van der Waals surface area contributed by atoms with Crippen LogP contribution in [0.3, 0.4) is 0 Å². The topological polar surface area (TPSA) is 0 Å². The van der Waals surface area contributed by atoms with Crippen LogP contribution in [0.5, 0.6) is 0 Å². The van der Waals surface area contributed by atoms with E-state index >= 15 is 0 Å². The molecule has 0 heteroatoms. The summed E-state index contributed by atoms with van der Waals surface area (Å²) in [5, 5.41) is 0. The van der Waals surface area contributed by atoms with Crippen LogP contribution in [-0.2, 0) is 11.8 Å². The van der Waals surface area contributed by atoms with E-state index in [1.54, 1.807) is 0 Å². The Labute approximate surface area is 185 Å². The lowest BCUT2D eigenvalue weighted by Gasteiger charge is -2.40. The molecule has 0 aliphatic heterocycles. The van der Waals surface area contributed by atoms with Crippen LogP contribution in [0.1, 0.15) is 22.3 Å². The summed E-state index contributed by atoms with van der Waals surface area (Å²) in [6.45, 7) is 0. The molecule has 31 heavy (non-hydrogen) atoms. The van der Waals surface area contributed by atoms with Crippen LogP contribution < -0.4 is 0 Å². The molecule has 0 fully saturated rings. The van der Waals surface area contributed by atoms with Gasteiger partial charge >= 0.3 is 0 Å². The zero-order valence-corrected chi connectivity index (χ0v) is 17.6. The first-order chi connectivity index (χ1) is 15.4. The smallest absolute Gasteiger partial charge is 0.0548 e. The molecule has 0 spiro atoms. The summed E-state index contributed by atoms with van der Waals surface area (Å²) in [6.07, 6.45) is 8.15. The molecule has 0 saturated carbocycles. The summed E-state index contributed by atoms with van der Waals surface area (Å²) >= 11 is 0. The average Bonchev–Trinajstić information content (AvgIpc) is 3.31.